The highest BCUT2D eigenvalue weighted by Gasteiger charge is 2.41. The van der Waals surface area contributed by atoms with Crippen LogP contribution in [-0.4, -0.2) is 42.0 Å². The van der Waals surface area contributed by atoms with Crippen LogP contribution in [-0.2, 0) is 4.79 Å². The zero-order valence-corrected chi connectivity index (χ0v) is 13.3. The summed E-state index contributed by atoms with van der Waals surface area (Å²) >= 11 is 0. The summed E-state index contributed by atoms with van der Waals surface area (Å²) in [4.78, 5) is 14.2. The highest BCUT2D eigenvalue weighted by Crippen LogP contribution is 2.36. The summed E-state index contributed by atoms with van der Waals surface area (Å²) in [6.45, 7) is 8.12. The number of nitrogens with zero attached hydrogens (tertiary/aromatic N) is 1. The first-order valence-electron chi connectivity index (χ1n) is 8.23. The van der Waals surface area contributed by atoms with E-state index >= 15 is 0 Å². The molecule has 2 saturated heterocycles. The minimum absolute atomic E-state index is 0.179. The van der Waals surface area contributed by atoms with Gasteiger partial charge >= 0.3 is 0 Å². The number of carbonyl (C=O) groups is 1. The van der Waals surface area contributed by atoms with E-state index in [0.29, 0.717) is 18.1 Å². The lowest BCUT2D eigenvalue weighted by atomic mass is 9.79. The molecular formula is C16H31N3O. The molecule has 2 heterocycles. The first kappa shape index (κ1) is 15.8. The number of rotatable bonds is 6. The number of primary amides is 1. The van der Waals surface area contributed by atoms with Crippen molar-refractivity contribution in [3.63, 3.8) is 0 Å². The van der Waals surface area contributed by atoms with Crippen LogP contribution in [0.25, 0.3) is 0 Å². The summed E-state index contributed by atoms with van der Waals surface area (Å²) in [6, 6.07) is 1.93. The largest absolute Gasteiger partial charge is 0.369 e. The van der Waals surface area contributed by atoms with E-state index in [1.54, 1.807) is 0 Å². The van der Waals surface area contributed by atoms with E-state index in [-0.39, 0.29) is 5.91 Å². The van der Waals surface area contributed by atoms with Crippen molar-refractivity contribution in [2.45, 2.75) is 77.4 Å². The molecule has 116 valence electrons. The molecule has 20 heavy (non-hydrogen) atoms. The first-order chi connectivity index (χ1) is 9.44. The standard InChI is InChI=1S/C16H31N3O/c1-4-8-18-12-9-13-6-5-7-14(10-12)19(13)11-16(2,3)15(17)20/h12-14,18H,4-11H2,1-3H3,(H2,17,20). The molecule has 4 heteroatoms. The summed E-state index contributed by atoms with van der Waals surface area (Å²) < 4.78 is 0. The van der Waals surface area contributed by atoms with Gasteiger partial charge < -0.3 is 11.1 Å². The average Bonchev–Trinajstić information content (AvgIpc) is 2.36. The molecule has 2 atom stereocenters. The molecule has 2 aliphatic heterocycles. The lowest BCUT2D eigenvalue weighted by molar-refractivity contribution is -0.128. The molecule has 0 aromatic heterocycles. The zero-order valence-electron chi connectivity index (χ0n) is 13.3. The van der Waals surface area contributed by atoms with E-state index < -0.39 is 5.41 Å². The highest BCUT2D eigenvalue weighted by molar-refractivity contribution is 5.80. The molecule has 1 amide bonds. The van der Waals surface area contributed by atoms with Gasteiger partial charge in [-0.25, -0.2) is 0 Å². The normalized spacial score (nSPS) is 31.2. The predicted molar refractivity (Wildman–Crippen MR) is 82.4 cm³/mol. The fourth-order valence-corrected chi connectivity index (χ4v) is 3.79. The molecule has 0 aliphatic carbocycles. The Balaban J connectivity index is 1.99. The Kier molecular flexibility index (Phi) is 5.08. The average molecular weight is 281 g/mol. The van der Waals surface area contributed by atoms with Gasteiger partial charge in [0.05, 0.1) is 5.41 Å². The molecule has 0 aromatic rings. The quantitative estimate of drug-likeness (QED) is 0.781. The van der Waals surface area contributed by atoms with Gasteiger partial charge in [0.25, 0.3) is 0 Å². The zero-order chi connectivity index (χ0) is 14.8. The number of hydrogen-bond acceptors (Lipinski definition) is 3. The molecule has 2 aliphatic rings. The van der Waals surface area contributed by atoms with Gasteiger partial charge in [0, 0.05) is 24.7 Å². The second kappa shape index (κ2) is 6.44. The van der Waals surface area contributed by atoms with E-state index in [1.165, 1.54) is 38.5 Å². The number of nitrogens with two attached hydrogens (primary N) is 1. The molecule has 2 bridgehead atoms. The van der Waals surface area contributed by atoms with Gasteiger partial charge in [0.1, 0.15) is 0 Å². The minimum atomic E-state index is -0.419. The topological polar surface area (TPSA) is 58.4 Å². The third kappa shape index (κ3) is 3.53. The third-order valence-electron chi connectivity index (χ3n) is 5.05. The second-order valence-electron chi connectivity index (χ2n) is 7.28. The van der Waals surface area contributed by atoms with Gasteiger partial charge in [0.15, 0.2) is 0 Å². The molecular weight excluding hydrogens is 250 g/mol. The Hall–Kier alpha value is -0.610. The summed E-state index contributed by atoms with van der Waals surface area (Å²) in [6.07, 6.45) is 7.54. The molecule has 4 nitrogen and oxygen atoms in total. The minimum Gasteiger partial charge on any atom is -0.369 e. The Labute approximate surface area is 123 Å². The van der Waals surface area contributed by atoms with Gasteiger partial charge in [-0.05, 0) is 52.5 Å². The summed E-state index contributed by atoms with van der Waals surface area (Å²) in [5, 5.41) is 3.69. The van der Waals surface area contributed by atoms with Crippen LogP contribution in [0.5, 0.6) is 0 Å². The van der Waals surface area contributed by atoms with Crippen LogP contribution >= 0.6 is 0 Å². The van der Waals surface area contributed by atoms with Crippen molar-refractivity contribution in [3.05, 3.63) is 0 Å². The number of amides is 1. The highest BCUT2D eigenvalue weighted by atomic mass is 16.1. The van der Waals surface area contributed by atoms with Crippen LogP contribution in [0.3, 0.4) is 0 Å². The van der Waals surface area contributed by atoms with Crippen LogP contribution in [0.15, 0.2) is 0 Å². The number of piperidine rings is 2. The number of fused-ring (bicyclic) bond motifs is 2. The summed E-state index contributed by atoms with van der Waals surface area (Å²) in [5.41, 5.74) is 5.13. The van der Waals surface area contributed by atoms with E-state index in [2.05, 4.69) is 17.1 Å². The number of nitrogens with one attached hydrogen (secondary N) is 1. The van der Waals surface area contributed by atoms with Crippen molar-refractivity contribution < 1.29 is 4.79 Å². The molecule has 3 N–H and O–H groups in total. The summed E-state index contributed by atoms with van der Waals surface area (Å²) in [7, 11) is 0. The van der Waals surface area contributed by atoms with Crippen molar-refractivity contribution in [3.8, 4) is 0 Å². The van der Waals surface area contributed by atoms with Crippen LogP contribution in [0, 0.1) is 5.41 Å². The molecule has 2 fully saturated rings. The monoisotopic (exact) mass is 281 g/mol. The number of hydrogen-bond donors (Lipinski definition) is 2. The number of carbonyl (C=O) groups excluding carboxylic acids is 1. The molecule has 0 saturated carbocycles. The lowest BCUT2D eigenvalue weighted by Crippen LogP contribution is -2.59. The van der Waals surface area contributed by atoms with Gasteiger partial charge in [-0.1, -0.05) is 13.3 Å². The van der Waals surface area contributed by atoms with Crippen molar-refractivity contribution in [1.82, 2.24) is 10.2 Å². The van der Waals surface area contributed by atoms with Gasteiger partial charge in [-0.2, -0.15) is 0 Å². The third-order valence-corrected chi connectivity index (χ3v) is 5.05. The van der Waals surface area contributed by atoms with E-state index in [9.17, 15) is 4.79 Å². The van der Waals surface area contributed by atoms with Gasteiger partial charge in [0.2, 0.25) is 5.91 Å². The van der Waals surface area contributed by atoms with E-state index in [1.807, 2.05) is 13.8 Å². The molecule has 0 radical (unpaired) electrons. The SMILES string of the molecule is CCCNC1CC2CCCC(C1)N2CC(C)(C)C(N)=O. The Morgan fingerprint density at radius 3 is 2.40 bits per heavy atom. The molecule has 0 aromatic carbocycles. The van der Waals surface area contributed by atoms with Crippen LogP contribution in [0.1, 0.15) is 59.3 Å². The van der Waals surface area contributed by atoms with E-state index in [4.69, 9.17) is 5.73 Å². The van der Waals surface area contributed by atoms with Crippen LogP contribution in [0.4, 0.5) is 0 Å². The maximum Gasteiger partial charge on any atom is 0.224 e. The fraction of sp³-hybridized carbons (Fsp3) is 0.938. The van der Waals surface area contributed by atoms with Gasteiger partial charge in [-0.15, -0.1) is 0 Å². The Morgan fingerprint density at radius 1 is 1.30 bits per heavy atom. The maximum atomic E-state index is 11.6. The van der Waals surface area contributed by atoms with Crippen LogP contribution in [0.2, 0.25) is 0 Å². The van der Waals surface area contributed by atoms with Crippen molar-refractivity contribution >= 4 is 5.91 Å². The second-order valence-corrected chi connectivity index (χ2v) is 7.28. The van der Waals surface area contributed by atoms with Crippen molar-refractivity contribution in [2.75, 3.05) is 13.1 Å². The Bertz CT molecular complexity index is 329. The summed E-state index contributed by atoms with van der Waals surface area (Å²) in [5.74, 6) is -0.179. The first-order valence-corrected chi connectivity index (χ1v) is 8.23. The predicted octanol–water partition coefficient (Wildman–Crippen LogP) is 1.88. The fourth-order valence-electron chi connectivity index (χ4n) is 3.79. The maximum absolute atomic E-state index is 11.6. The molecule has 2 unspecified atom stereocenters. The van der Waals surface area contributed by atoms with Crippen LogP contribution < -0.4 is 11.1 Å². The molecule has 0 spiro atoms. The van der Waals surface area contributed by atoms with Gasteiger partial charge in [-0.3, -0.25) is 9.69 Å². The Morgan fingerprint density at radius 2 is 1.90 bits per heavy atom. The molecule has 2 rings (SSSR count). The smallest absolute Gasteiger partial charge is 0.224 e. The van der Waals surface area contributed by atoms with E-state index in [0.717, 1.165) is 13.1 Å². The van der Waals surface area contributed by atoms with Crippen molar-refractivity contribution in [1.29, 1.82) is 0 Å². The van der Waals surface area contributed by atoms with Crippen molar-refractivity contribution in [2.24, 2.45) is 11.1 Å². The lowest BCUT2D eigenvalue weighted by Gasteiger charge is -2.51.